The van der Waals surface area contributed by atoms with Gasteiger partial charge >= 0.3 is 0 Å². The van der Waals surface area contributed by atoms with Crippen molar-refractivity contribution in [3.8, 4) is 0 Å². The van der Waals surface area contributed by atoms with E-state index in [1.54, 1.807) is 22.7 Å². The molecule has 2 aromatic heterocycles. The fraction of sp³-hybridized carbons (Fsp3) is 0.188. The molecule has 0 aliphatic rings. The van der Waals surface area contributed by atoms with Crippen molar-refractivity contribution in [1.29, 1.82) is 0 Å². The highest BCUT2D eigenvalue weighted by atomic mass is 32.1. The Morgan fingerprint density at radius 3 is 2.62 bits per heavy atom. The summed E-state index contributed by atoms with van der Waals surface area (Å²) in [6, 6.07) is 11.5. The predicted octanol–water partition coefficient (Wildman–Crippen LogP) is 4.60. The molecule has 21 heavy (non-hydrogen) atoms. The van der Waals surface area contributed by atoms with E-state index in [9.17, 15) is 4.79 Å². The molecular weight excluding hydrogens is 300 g/mol. The zero-order valence-electron chi connectivity index (χ0n) is 11.7. The summed E-state index contributed by atoms with van der Waals surface area (Å²) in [4.78, 5) is 15.4. The van der Waals surface area contributed by atoms with Gasteiger partial charge in [0.2, 0.25) is 0 Å². The zero-order chi connectivity index (χ0) is 14.8. The third kappa shape index (κ3) is 2.80. The van der Waals surface area contributed by atoms with Crippen molar-refractivity contribution in [3.63, 3.8) is 0 Å². The van der Waals surface area contributed by atoms with Crippen molar-refractivity contribution in [1.82, 2.24) is 0 Å². The summed E-state index contributed by atoms with van der Waals surface area (Å²) in [6.45, 7) is 2.78. The number of nitrogens with two attached hydrogens (primary N) is 1. The van der Waals surface area contributed by atoms with E-state index in [2.05, 4.69) is 18.4 Å². The maximum absolute atomic E-state index is 12.8. The summed E-state index contributed by atoms with van der Waals surface area (Å²) in [5, 5.41) is 2.05. The second kappa shape index (κ2) is 5.87. The molecule has 3 nitrogen and oxygen atoms in total. The van der Waals surface area contributed by atoms with Crippen LogP contribution in [0.4, 0.5) is 11.4 Å². The van der Waals surface area contributed by atoms with Crippen LogP contribution in [0.2, 0.25) is 0 Å². The lowest BCUT2D eigenvalue weighted by Gasteiger charge is -2.21. The molecule has 3 aromatic rings. The molecule has 0 bridgehead atoms. The number of amides is 1. The minimum Gasteiger partial charge on any atom is -0.399 e. The Bertz CT molecular complexity index is 730. The fourth-order valence-electron chi connectivity index (χ4n) is 2.23. The molecular formula is C16H16N2OS2. The molecule has 3 rings (SSSR count). The van der Waals surface area contributed by atoms with Crippen LogP contribution in [0.3, 0.4) is 0 Å². The average molecular weight is 316 g/mol. The first-order valence-electron chi connectivity index (χ1n) is 6.83. The summed E-state index contributed by atoms with van der Waals surface area (Å²) >= 11 is 3.23. The first kappa shape index (κ1) is 14.1. The van der Waals surface area contributed by atoms with E-state index in [1.165, 1.54) is 9.40 Å². The number of thiophene rings is 2. The first-order valence-corrected chi connectivity index (χ1v) is 8.53. The molecule has 1 amide bonds. The van der Waals surface area contributed by atoms with Crippen LogP contribution in [-0.2, 0) is 0 Å². The van der Waals surface area contributed by atoms with Gasteiger partial charge in [0.1, 0.15) is 0 Å². The van der Waals surface area contributed by atoms with Crippen molar-refractivity contribution in [3.05, 3.63) is 46.7 Å². The van der Waals surface area contributed by atoms with Crippen LogP contribution in [0.15, 0.2) is 41.8 Å². The van der Waals surface area contributed by atoms with Gasteiger partial charge in [-0.15, -0.1) is 22.7 Å². The number of hydrogen-bond donors (Lipinski definition) is 1. The highest BCUT2D eigenvalue weighted by Crippen LogP contribution is 2.31. The van der Waals surface area contributed by atoms with Gasteiger partial charge in [0.05, 0.1) is 4.88 Å². The Balaban J connectivity index is 1.94. The van der Waals surface area contributed by atoms with Gasteiger partial charge in [-0.3, -0.25) is 4.79 Å². The number of rotatable bonds is 4. The van der Waals surface area contributed by atoms with E-state index in [0.29, 0.717) is 12.2 Å². The van der Waals surface area contributed by atoms with Crippen LogP contribution in [0.25, 0.3) is 9.40 Å². The maximum Gasteiger partial charge on any atom is 0.268 e. The minimum absolute atomic E-state index is 0.0648. The lowest BCUT2D eigenvalue weighted by molar-refractivity contribution is 0.0991. The number of fused-ring (bicyclic) bond motifs is 1. The fourth-order valence-corrected chi connectivity index (χ4v) is 4.29. The lowest BCUT2D eigenvalue weighted by Crippen LogP contribution is -2.31. The Labute approximate surface area is 131 Å². The quantitative estimate of drug-likeness (QED) is 0.715. The molecule has 0 saturated heterocycles. The second-order valence-corrected chi connectivity index (χ2v) is 6.84. The van der Waals surface area contributed by atoms with Crippen molar-refractivity contribution in [2.75, 3.05) is 17.2 Å². The number of carbonyl (C=O) groups excluding carboxylic acids is 1. The largest absolute Gasteiger partial charge is 0.399 e. The number of carbonyl (C=O) groups is 1. The van der Waals surface area contributed by atoms with Gasteiger partial charge in [-0.25, -0.2) is 0 Å². The first-order chi connectivity index (χ1) is 10.2. The summed E-state index contributed by atoms with van der Waals surface area (Å²) in [5.41, 5.74) is 7.33. The van der Waals surface area contributed by atoms with Gasteiger partial charge in [-0.2, -0.15) is 0 Å². The number of nitrogens with zero attached hydrogens (tertiary/aromatic N) is 1. The van der Waals surface area contributed by atoms with Crippen molar-refractivity contribution < 1.29 is 4.79 Å². The van der Waals surface area contributed by atoms with Gasteiger partial charge in [0.25, 0.3) is 5.91 Å². The van der Waals surface area contributed by atoms with Crippen LogP contribution in [-0.4, -0.2) is 12.5 Å². The van der Waals surface area contributed by atoms with Gasteiger partial charge in [0.15, 0.2) is 0 Å². The third-order valence-corrected chi connectivity index (χ3v) is 5.33. The van der Waals surface area contributed by atoms with Gasteiger partial charge < -0.3 is 10.6 Å². The molecule has 0 unspecified atom stereocenters. The van der Waals surface area contributed by atoms with E-state index < -0.39 is 0 Å². The molecule has 2 heterocycles. The average Bonchev–Trinajstić information content (AvgIpc) is 3.06. The van der Waals surface area contributed by atoms with Gasteiger partial charge in [-0.05, 0) is 48.2 Å². The molecule has 0 spiro atoms. The SMILES string of the molecule is CCCN(C(=O)c1cc2sccc2s1)c1ccc(N)cc1. The molecule has 0 fully saturated rings. The minimum atomic E-state index is 0.0648. The van der Waals surface area contributed by atoms with E-state index in [0.717, 1.165) is 17.0 Å². The zero-order valence-corrected chi connectivity index (χ0v) is 13.3. The van der Waals surface area contributed by atoms with Gasteiger partial charge in [0, 0.05) is 27.3 Å². The van der Waals surface area contributed by atoms with Crippen LogP contribution in [0.1, 0.15) is 23.0 Å². The van der Waals surface area contributed by atoms with Crippen molar-refractivity contribution in [2.24, 2.45) is 0 Å². The number of hydrogen-bond acceptors (Lipinski definition) is 4. The molecule has 0 radical (unpaired) electrons. The Kier molecular flexibility index (Phi) is 3.94. The number of anilines is 2. The second-order valence-electron chi connectivity index (χ2n) is 4.81. The smallest absolute Gasteiger partial charge is 0.268 e. The van der Waals surface area contributed by atoms with Crippen LogP contribution >= 0.6 is 22.7 Å². The van der Waals surface area contributed by atoms with E-state index in [4.69, 9.17) is 5.73 Å². The van der Waals surface area contributed by atoms with E-state index in [1.807, 2.05) is 35.2 Å². The summed E-state index contributed by atoms with van der Waals surface area (Å²) < 4.78 is 2.36. The molecule has 1 aromatic carbocycles. The highest BCUT2D eigenvalue weighted by molar-refractivity contribution is 7.27. The molecule has 0 saturated carbocycles. The third-order valence-electron chi connectivity index (χ3n) is 3.25. The van der Waals surface area contributed by atoms with E-state index >= 15 is 0 Å². The Hall–Kier alpha value is -1.85. The Morgan fingerprint density at radius 2 is 1.95 bits per heavy atom. The normalized spacial score (nSPS) is 10.9. The highest BCUT2D eigenvalue weighted by Gasteiger charge is 2.19. The maximum atomic E-state index is 12.8. The standard InChI is InChI=1S/C16H16N2OS2/c1-2-8-18(12-5-3-11(17)4-6-12)16(19)15-10-14-13(21-15)7-9-20-14/h3-7,9-10H,2,8,17H2,1H3. The van der Waals surface area contributed by atoms with E-state index in [-0.39, 0.29) is 5.91 Å². The molecule has 2 N–H and O–H groups in total. The molecule has 0 aliphatic heterocycles. The molecule has 0 aliphatic carbocycles. The topological polar surface area (TPSA) is 46.3 Å². The van der Waals surface area contributed by atoms with Crippen LogP contribution in [0.5, 0.6) is 0 Å². The summed E-state index contributed by atoms with van der Waals surface area (Å²) in [5.74, 6) is 0.0648. The van der Waals surface area contributed by atoms with Crippen LogP contribution in [0, 0.1) is 0 Å². The monoisotopic (exact) mass is 316 g/mol. The summed E-state index contributed by atoms with van der Waals surface area (Å²) in [7, 11) is 0. The summed E-state index contributed by atoms with van der Waals surface area (Å²) in [6.07, 6.45) is 0.913. The molecule has 5 heteroatoms. The Morgan fingerprint density at radius 1 is 1.19 bits per heavy atom. The predicted molar refractivity (Wildman–Crippen MR) is 92.5 cm³/mol. The number of benzene rings is 1. The van der Waals surface area contributed by atoms with Gasteiger partial charge in [-0.1, -0.05) is 6.92 Å². The van der Waals surface area contributed by atoms with Crippen LogP contribution < -0.4 is 10.6 Å². The molecule has 108 valence electrons. The number of nitrogen functional groups attached to an aromatic ring is 1. The van der Waals surface area contributed by atoms with Crippen molar-refractivity contribution >= 4 is 49.4 Å². The lowest BCUT2D eigenvalue weighted by atomic mass is 10.2. The molecule has 0 atom stereocenters. The van der Waals surface area contributed by atoms with Crippen molar-refractivity contribution in [2.45, 2.75) is 13.3 Å².